The maximum absolute atomic E-state index is 5.95. The minimum atomic E-state index is 0.546. The molecule has 0 atom stereocenters. The highest BCUT2D eigenvalue weighted by molar-refractivity contribution is 6.31. The molecule has 0 amide bonds. The van der Waals surface area contributed by atoms with Crippen LogP contribution in [0.4, 0.5) is 0 Å². The Bertz CT molecular complexity index is 722. The summed E-state index contributed by atoms with van der Waals surface area (Å²) in [4.78, 5) is 1.54. The molecule has 0 aliphatic carbocycles. The van der Waals surface area contributed by atoms with E-state index in [2.05, 4.69) is 15.4 Å². The Hall–Kier alpha value is -1.91. The molecule has 1 heterocycles. The van der Waals surface area contributed by atoms with Crippen molar-refractivity contribution in [2.75, 3.05) is 0 Å². The molecule has 0 unspecified atom stereocenters. The fourth-order valence-electron chi connectivity index (χ4n) is 1.81. The lowest BCUT2D eigenvalue weighted by molar-refractivity contribution is 0.573. The van der Waals surface area contributed by atoms with Crippen LogP contribution < -0.4 is 0 Å². The number of benzene rings is 2. The third-order valence-corrected chi connectivity index (χ3v) is 3.26. The smallest absolute Gasteiger partial charge is 0.159 e. The first kappa shape index (κ1) is 13.1. The summed E-state index contributed by atoms with van der Waals surface area (Å²) in [6.07, 6.45) is 0. The average Bonchev–Trinajstić information content (AvgIpc) is 2.90. The molecule has 3 rings (SSSR count). The molecule has 0 radical (unpaired) electrons. The number of hydrogen-bond donors (Lipinski definition) is 0. The van der Waals surface area contributed by atoms with E-state index in [9.17, 15) is 0 Å². The number of tetrazole rings is 1. The molecule has 4 nitrogen and oxygen atoms in total. The van der Waals surface area contributed by atoms with E-state index in [1.807, 2.05) is 48.5 Å². The zero-order chi connectivity index (χ0) is 13.9. The predicted molar refractivity (Wildman–Crippen MR) is 78.8 cm³/mol. The maximum atomic E-state index is 5.95. The van der Waals surface area contributed by atoms with E-state index in [1.54, 1.807) is 4.80 Å². The molecule has 0 saturated heterocycles. The second kappa shape index (κ2) is 5.61. The fourth-order valence-corrected chi connectivity index (χ4v) is 2.12. The molecule has 0 aliphatic rings. The number of halogens is 2. The van der Waals surface area contributed by atoms with Crippen LogP contribution in [0.3, 0.4) is 0 Å². The van der Waals surface area contributed by atoms with Gasteiger partial charge in [0.1, 0.15) is 0 Å². The second-order valence-corrected chi connectivity index (χ2v) is 5.15. The summed E-state index contributed by atoms with van der Waals surface area (Å²) in [5.74, 6) is 0.557. The third kappa shape index (κ3) is 2.98. The standard InChI is InChI=1S/C14H10Cl2N4/c15-12-6-4-10(5-7-12)9-20-18-14(17-19-20)11-2-1-3-13(16)8-11/h1-8H,9H2. The first-order valence-corrected chi connectivity index (χ1v) is 6.74. The van der Waals surface area contributed by atoms with Gasteiger partial charge in [-0.3, -0.25) is 0 Å². The van der Waals surface area contributed by atoms with Gasteiger partial charge in [-0.1, -0.05) is 47.5 Å². The van der Waals surface area contributed by atoms with E-state index in [-0.39, 0.29) is 0 Å². The molecular weight excluding hydrogens is 295 g/mol. The Morgan fingerprint density at radius 2 is 1.75 bits per heavy atom. The Kier molecular flexibility index (Phi) is 3.67. The van der Waals surface area contributed by atoms with Crippen molar-refractivity contribution >= 4 is 23.2 Å². The van der Waals surface area contributed by atoms with Crippen molar-refractivity contribution in [1.29, 1.82) is 0 Å². The van der Waals surface area contributed by atoms with E-state index in [4.69, 9.17) is 23.2 Å². The Balaban J connectivity index is 1.82. The number of aromatic nitrogens is 4. The molecule has 0 aliphatic heterocycles. The summed E-state index contributed by atoms with van der Waals surface area (Å²) in [7, 11) is 0. The van der Waals surface area contributed by atoms with Gasteiger partial charge in [0.15, 0.2) is 0 Å². The molecule has 1 aromatic heterocycles. The average molecular weight is 305 g/mol. The van der Waals surface area contributed by atoms with Crippen LogP contribution in [-0.4, -0.2) is 20.2 Å². The summed E-state index contributed by atoms with van der Waals surface area (Å²) in [6, 6.07) is 14.9. The Labute approximate surface area is 126 Å². The minimum Gasteiger partial charge on any atom is -0.159 e. The predicted octanol–water partition coefficient (Wildman–Crippen LogP) is 3.70. The summed E-state index contributed by atoms with van der Waals surface area (Å²) in [6.45, 7) is 0.546. The Morgan fingerprint density at radius 1 is 0.950 bits per heavy atom. The molecule has 3 aromatic rings. The van der Waals surface area contributed by atoms with E-state index < -0.39 is 0 Å². The van der Waals surface area contributed by atoms with Gasteiger partial charge in [0, 0.05) is 15.6 Å². The molecule has 0 N–H and O–H groups in total. The lowest BCUT2D eigenvalue weighted by atomic mass is 10.2. The summed E-state index contributed by atoms with van der Waals surface area (Å²) >= 11 is 11.8. The summed E-state index contributed by atoms with van der Waals surface area (Å²) < 4.78 is 0. The largest absolute Gasteiger partial charge is 0.204 e. The molecule has 2 aromatic carbocycles. The molecule has 0 saturated carbocycles. The van der Waals surface area contributed by atoms with Gasteiger partial charge >= 0.3 is 0 Å². The van der Waals surface area contributed by atoms with Gasteiger partial charge < -0.3 is 0 Å². The van der Waals surface area contributed by atoms with Crippen molar-refractivity contribution < 1.29 is 0 Å². The number of nitrogens with zero attached hydrogens (tertiary/aromatic N) is 4. The van der Waals surface area contributed by atoms with Crippen LogP contribution in [0, 0.1) is 0 Å². The fraction of sp³-hybridized carbons (Fsp3) is 0.0714. The molecule has 0 fully saturated rings. The van der Waals surface area contributed by atoms with Gasteiger partial charge in [0.05, 0.1) is 6.54 Å². The number of rotatable bonds is 3. The minimum absolute atomic E-state index is 0.546. The zero-order valence-electron chi connectivity index (χ0n) is 10.4. The van der Waals surface area contributed by atoms with Gasteiger partial charge in [-0.25, -0.2) is 0 Å². The quantitative estimate of drug-likeness (QED) is 0.741. The first-order valence-electron chi connectivity index (χ1n) is 5.99. The van der Waals surface area contributed by atoms with Crippen molar-refractivity contribution in [2.24, 2.45) is 0 Å². The van der Waals surface area contributed by atoms with Gasteiger partial charge in [0.2, 0.25) is 5.82 Å². The summed E-state index contributed by atoms with van der Waals surface area (Å²) in [5, 5.41) is 13.8. The summed E-state index contributed by atoms with van der Waals surface area (Å²) in [5.41, 5.74) is 1.91. The lowest BCUT2D eigenvalue weighted by Gasteiger charge is -1.99. The normalized spacial score (nSPS) is 10.7. The van der Waals surface area contributed by atoms with E-state index in [0.29, 0.717) is 22.4 Å². The van der Waals surface area contributed by atoms with Crippen LogP contribution in [0.15, 0.2) is 48.5 Å². The maximum Gasteiger partial charge on any atom is 0.204 e. The molecule has 0 spiro atoms. The zero-order valence-corrected chi connectivity index (χ0v) is 11.9. The topological polar surface area (TPSA) is 43.6 Å². The molecule has 0 bridgehead atoms. The van der Waals surface area contributed by atoms with Crippen molar-refractivity contribution in [3.63, 3.8) is 0 Å². The Morgan fingerprint density at radius 3 is 2.50 bits per heavy atom. The van der Waals surface area contributed by atoms with Crippen molar-refractivity contribution in [3.8, 4) is 11.4 Å². The van der Waals surface area contributed by atoms with Crippen LogP contribution >= 0.6 is 23.2 Å². The van der Waals surface area contributed by atoms with E-state index in [0.717, 1.165) is 11.1 Å². The van der Waals surface area contributed by atoms with Crippen LogP contribution in [0.1, 0.15) is 5.56 Å². The molecule has 100 valence electrons. The first-order chi connectivity index (χ1) is 9.70. The number of hydrogen-bond acceptors (Lipinski definition) is 3. The highest BCUT2D eigenvalue weighted by Gasteiger charge is 2.06. The van der Waals surface area contributed by atoms with E-state index >= 15 is 0 Å². The van der Waals surface area contributed by atoms with Gasteiger partial charge in [0.25, 0.3) is 0 Å². The third-order valence-electron chi connectivity index (χ3n) is 2.77. The van der Waals surface area contributed by atoms with Crippen LogP contribution in [0.25, 0.3) is 11.4 Å². The monoisotopic (exact) mass is 304 g/mol. The van der Waals surface area contributed by atoms with Crippen LogP contribution in [0.5, 0.6) is 0 Å². The molecule has 6 heteroatoms. The second-order valence-electron chi connectivity index (χ2n) is 4.28. The van der Waals surface area contributed by atoms with Crippen LogP contribution in [-0.2, 0) is 6.54 Å². The van der Waals surface area contributed by atoms with Gasteiger partial charge in [-0.05, 0) is 35.0 Å². The highest BCUT2D eigenvalue weighted by atomic mass is 35.5. The molecular formula is C14H10Cl2N4. The molecule has 20 heavy (non-hydrogen) atoms. The van der Waals surface area contributed by atoms with E-state index in [1.165, 1.54) is 0 Å². The van der Waals surface area contributed by atoms with Gasteiger partial charge in [-0.15, -0.1) is 10.2 Å². The van der Waals surface area contributed by atoms with Crippen molar-refractivity contribution in [3.05, 3.63) is 64.1 Å². The van der Waals surface area contributed by atoms with Crippen molar-refractivity contribution in [1.82, 2.24) is 20.2 Å². The SMILES string of the molecule is Clc1ccc(Cn2nnc(-c3cccc(Cl)c3)n2)cc1. The van der Waals surface area contributed by atoms with Crippen molar-refractivity contribution in [2.45, 2.75) is 6.54 Å². The van der Waals surface area contributed by atoms with Crippen LogP contribution in [0.2, 0.25) is 10.0 Å². The van der Waals surface area contributed by atoms with Gasteiger partial charge in [-0.2, -0.15) is 4.80 Å². The highest BCUT2D eigenvalue weighted by Crippen LogP contribution is 2.18. The lowest BCUT2D eigenvalue weighted by Crippen LogP contribution is -2.03.